The number of nitrogens with zero attached hydrogens (tertiary/aromatic N) is 2. The van der Waals surface area contributed by atoms with Gasteiger partial charge in [0.15, 0.2) is 18.0 Å². The van der Waals surface area contributed by atoms with E-state index in [9.17, 15) is 4.79 Å². The number of unbranched alkanes of at least 4 members (excludes halogenated alkanes) is 1. The highest BCUT2D eigenvalue weighted by atomic mass is 16.5. The maximum Gasteiger partial charge on any atom is 0.257 e. The van der Waals surface area contributed by atoms with Crippen molar-refractivity contribution in [1.29, 1.82) is 0 Å². The molecule has 0 fully saturated rings. The number of carbonyl (C=O) groups is 1. The van der Waals surface area contributed by atoms with Crippen molar-refractivity contribution in [1.82, 2.24) is 14.7 Å². The highest BCUT2D eigenvalue weighted by molar-refractivity contribution is 5.77. The van der Waals surface area contributed by atoms with E-state index in [-0.39, 0.29) is 12.5 Å². The Hall–Kier alpha value is -2.08. The van der Waals surface area contributed by atoms with Crippen LogP contribution in [0.5, 0.6) is 5.75 Å². The summed E-state index contributed by atoms with van der Waals surface area (Å²) < 4.78 is 12.9. The van der Waals surface area contributed by atoms with E-state index in [2.05, 4.69) is 17.2 Å². The molecular formula is C17H25N3O3. The number of aryl methyl sites for hydroxylation is 1. The minimum absolute atomic E-state index is 0.0116. The fraction of sp³-hybridized carbons (Fsp3) is 0.529. The zero-order chi connectivity index (χ0) is 16.5. The van der Waals surface area contributed by atoms with Gasteiger partial charge in [-0.05, 0) is 31.9 Å². The van der Waals surface area contributed by atoms with E-state index < -0.39 is 0 Å². The molecule has 1 N–H and O–H groups in total. The van der Waals surface area contributed by atoms with Crippen molar-refractivity contribution in [2.45, 2.75) is 33.1 Å². The lowest BCUT2D eigenvalue weighted by Gasteiger charge is -2.08. The summed E-state index contributed by atoms with van der Waals surface area (Å²) in [5.74, 6) is 0.475. The van der Waals surface area contributed by atoms with Crippen molar-refractivity contribution in [3.05, 3.63) is 30.2 Å². The van der Waals surface area contributed by atoms with Crippen LogP contribution < -0.4 is 10.1 Å². The number of ether oxygens (including phenoxy) is 2. The van der Waals surface area contributed by atoms with Crippen LogP contribution in [-0.2, 0) is 9.53 Å². The lowest BCUT2D eigenvalue weighted by atomic mass is 10.3. The molecule has 2 aromatic rings. The number of rotatable bonds is 10. The Morgan fingerprint density at radius 3 is 3.00 bits per heavy atom. The van der Waals surface area contributed by atoms with Crippen molar-refractivity contribution in [2.75, 3.05) is 26.4 Å². The highest BCUT2D eigenvalue weighted by Gasteiger charge is 2.07. The molecule has 0 spiro atoms. The summed E-state index contributed by atoms with van der Waals surface area (Å²) in [5.41, 5.74) is 1.63. The lowest BCUT2D eigenvalue weighted by Crippen LogP contribution is -2.30. The predicted molar refractivity (Wildman–Crippen MR) is 88.8 cm³/mol. The van der Waals surface area contributed by atoms with Crippen LogP contribution in [0.3, 0.4) is 0 Å². The SMILES string of the molecule is CCCCOCCCNC(=O)COc1cccn2cc(C)nc12. The topological polar surface area (TPSA) is 64.9 Å². The maximum absolute atomic E-state index is 11.8. The fourth-order valence-electron chi connectivity index (χ4n) is 2.17. The molecule has 0 aliphatic heterocycles. The van der Waals surface area contributed by atoms with Crippen LogP contribution in [0, 0.1) is 6.92 Å². The zero-order valence-electron chi connectivity index (χ0n) is 13.9. The Bertz CT molecular complexity index is 625. The summed E-state index contributed by atoms with van der Waals surface area (Å²) in [6.45, 7) is 6.11. The summed E-state index contributed by atoms with van der Waals surface area (Å²) in [7, 11) is 0. The number of carbonyl (C=O) groups excluding carboxylic acids is 1. The zero-order valence-corrected chi connectivity index (χ0v) is 13.9. The first-order valence-electron chi connectivity index (χ1n) is 8.12. The van der Waals surface area contributed by atoms with Crippen LogP contribution in [0.25, 0.3) is 5.65 Å². The maximum atomic E-state index is 11.8. The number of hydrogen-bond donors (Lipinski definition) is 1. The number of pyridine rings is 1. The normalized spacial score (nSPS) is 10.9. The molecule has 23 heavy (non-hydrogen) atoms. The van der Waals surface area contributed by atoms with Crippen LogP contribution in [0.4, 0.5) is 0 Å². The smallest absolute Gasteiger partial charge is 0.257 e. The number of hydrogen-bond acceptors (Lipinski definition) is 4. The molecule has 2 aromatic heterocycles. The predicted octanol–water partition coefficient (Wildman–Crippen LogP) is 2.34. The van der Waals surface area contributed by atoms with Crippen LogP contribution >= 0.6 is 0 Å². The summed E-state index contributed by atoms with van der Waals surface area (Å²) in [4.78, 5) is 16.2. The molecule has 0 atom stereocenters. The third-order valence-corrected chi connectivity index (χ3v) is 3.36. The molecular weight excluding hydrogens is 294 g/mol. The molecule has 2 rings (SSSR count). The third kappa shape index (κ3) is 5.56. The second-order valence-corrected chi connectivity index (χ2v) is 5.44. The van der Waals surface area contributed by atoms with E-state index in [0.717, 1.165) is 37.2 Å². The summed E-state index contributed by atoms with van der Waals surface area (Å²) in [6, 6.07) is 3.69. The molecule has 0 bridgehead atoms. The van der Waals surface area contributed by atoms with Crippen molar-refractivity contribution < 1.29 is 14.3 Å². The average Bonchev–Trinajstić information content (AvgIpc) is 2.92. The molecule has 126 valence electrons. The standard InChI is InChI=1S/C17H25N3O3/c1-3-4-10-22-11-6-8-18-16(21)13-23-15-7-5-9-20-12-14(2)19-17(15)20/h5,7,9,12H,3-4,6,8,10-11,13H2,1-2H3,(H,18,21). The molecule has 0 saturated carbocycles. The summed E-state index contributed by atoms with van der Waals surface area (Å²) in [6.07, 6.45) is 6.85. The van der Waals surface area contributed by atoms with Crippen molar-refractivity contribution in [3.63, 3.8) is 0 Å². The van der Waals surface area contributed by atoms with E-state index in [1.807, 2.05) is 35.9 Å². The number of aromatic nitrogens is 2. The van der Waals surface area contributed by atoms with Gasteiger partial charge in [-0.3, -0.25) is 4.79 Å². The van der Waals surface area contributed by atoms with Gasteiger partial charge in [-0.2, -0.15) is 0 Å². The second kappa shape index (κ2) is 9.15. The van der Waals surface area contributed by atoms with E-state index >= 15 is 0 Å². The van der Waals surface area contributed by atoms with Gasteiger partial charge in [0.2, 0.25) is 0 Å². The van der Waals surface area contributed by atoms with Gasteiger partial charge in [-0.25, -0.2) is 4.98 Å². The Labute approximate surface area is 136 Å². The molecule has 0 aliphatic rings. The average molecular weight is 319 g/mol. The second-order valence-electron chi connectivity index (χ2n) is 5.44. The van der Waals surface area contributed by atoms with Crippen LogP contribution in [0.2, 0.25) is 0 Å². The van der Waals surface area contributed by atoms with E-state index in [4.69, 9.17) is 9.47 Å². The Morgan fingerprint density at radius 2 is 2.17 bits per heavy atom. The molecule has 0 radical (unpaired) electrons. The number of fused-ring (bicyclic) bond motifs is 1. The minimum atomic E-state index is -0.135. The van der Waals surface area contributed by atoms with E-state index in [1.54, 1.807) is 0 Å². The Balaban J connectivity index is 1.68. The van der Waals surface area contributed by atoms with Gasteiger partial charge >= 0.3 is 0 Å². The Kier molecular flexibility index (Phi) is 6.87. The summed E-state index contributed by atoms with van der Waals surface area (Å²) >= 11 is 0. The molecule has 2 heterocycles. The largest absolute Gasteiger partial charge is 0.480 e. The monoisotopic (exact) mass is 319 g/mol. The van der Waals surface area contributed by atoms with Crippen LogP contribution in [-0.4, -0.2) is 41.7 Å². The molecule has 0 aliphatic carbocycles. The first kappa shape index (κ1) is 17.3. The van der Waals surface area contributed by atoms with Gasteiger partial charge in [0.25, 0.3) is 5.91 Å². The minimum Gasteiger partial charge on any atom is -0.480 e. The lowest BCUT2D eigenvalue weighted by molar-refractivity contribution is -0.123. The van der Waals surface area contributed by atoms with Gasteiger partial charge in [0.05, 0.1) is 5.69 Å². The van der Waals surface area contributed by atoms with Gasteiger partial charge in [0.1, 0.15) is 0 Å². The van der Waals surface area contributed by atoms with Crippen molar-refractivity contribution in [2.24, 2.45) is 0 Å². The van der Waals surface area contributed by atoms with E-state index in [0.29, 0.717) is 18.9 Å². The van der Waals surface area contributed by atoms with Gasteiger partial charge in [-0.1, -0.05) is 13.3 Å². The summed E-state index contributed by atoms with van der Waals surface area (Å²) in [5, 5.41) is 2.83. The van der Waals surface area contributed by atoms with Crippen LogP contribution in [0.15, 0.2) is 24.5 Å². The van der Waals surface area contributed by atoms with Crippen molar-refractivity contribution >= 4 is 11.6 Å². The molecule has 0 aromatic carbocycles. The number of imidazole rings is 1. The van der Waals surface area contributed by atoms with E-state index in [1.165, 1.54) is 0 Å². The van der Waals surface area contributed by atoms with Gasteiger partial charge < -0.3 is 19.2 Å². The van der Waals surface area contributed by atoms with Gasteiger partial charge in [-0.15, -0.1) is 0 Å². The number of amides is 1. The molecule has 1 amide bonds. The first-order valence-corrected chi connectivity index (χ1v) is 8.12. The quantitative estimate of drug-likeness (QED) is 0.683. The molecule has 0 unspecified atom stereocenters. The van der Waals surface area contributed by atoms with Crippen LogP contribution in [0.1, 0.15) is 31.9 Å². The molecule has 6 heteroatoms. The van der Waals surface area contributed by atoms with Crippen molar-refractivity contribution in [3.8, 4) is 5.75 Å². The first-order chi connectivity index (χ1) is 11.2. The Morgan fingerprint density at radius 1 is 1.35 bits per heavy atom. The number of nitrogens with one attached hydrogen (secondary N) is 1. The molecule has 0 saturated heterocycles. The fourth-order valence-corrected chi connectivity index (χ4v) is 2.17. The molecule has 6 nitrogen and oxygen atoms in total. The van der Waals surface area contributed by atoms with Gasteiger partial charge in [0, 0.05) is 32.2 Å². The highest BCUT2D eigenvalue weighted by Crippen LogP contribution is 2.18. The third-order valence-electron chi connectivity index (χ3n) is 3.36.